The molecule has 2 fully saturated rings. The smallest absolute Gasteiger partial charge is 0.263 e. The van der Waals surface area contributed by atoms with E-state index in [0.717, 1.165) is 0 Å². The Labute approximate surface area is 197 Å². The number of amides is 2. The summed E-state index contributed by atoms with van der Waals surface area (Å²) in [6.45, 7) is 0. The van der Waals surface area contributed by atoms with Crippen molar-refractivity contribution in [1.29, 1.82) is 5.26 Å². The van der Waals surface area contributed by atoms with Gasteiger partial charge in [-0.1, -0.05) is 35.9 Å². The molecule has 0 spiro atoms. The Bertz CT molecular complexity index is 1130. The van der Waals surface area contributed by atoms with Crippen molar-refractivity contribution in [3.63, 3.8) is 0 Å². The third-order valence-electron chi connectivity index (χ3n) is 5.68. The molecule has 166 valence electrons. The number of nitrogens with one attached hydrogen (secondary N) is 2. The normalized spacial score (nSPS) is 22.0. The zero-order valence-electron chi connectivity index (χ0n) is 16.3. The lowest BCUT2D eigenvalue weighted by molar-refractivity contribution is -0.117. The van der Waals surface area contributed by atoms with Crippen LogP contribution in [0.4, 0.5) is 14.5 Å². The first-order chi connectivity index (χ1) is 15.1. The summed E-state index contributed by atoms with van der Waals surface area (Å²) in [6.07, 6.45) is -1.46. The van der Waals surface area contributed by atoms with Gasteiger partial charge >= 0.3 is 0 Å². The van der Waals surface area contributed by atoms with Crippen LogP contribution >= 0.6 is 34.8 Å². The first-order valence-electron chi connectivity index (χ1n) is 9.68. The topological polar surface area (TPSA) is 82.0 Å². The molecule has 5 nitrogen and oxygen atoms in total. The van der Waals surface area contributed by atoms with E-state index in [1.807, 2.05) is 0 Å². The highest BCUT2D eigenvalue weighted by atomic mass is 35.5. The van der Waals surface area contributed by atoms with Crippen LogP contribution in [0.25, 0.3) is 0 Å². The van der Waals surface area contributed by atoms with E-state index in [0.29, 0.717) is 24.1 Å². The number of hydrogen-bond donors (Lipinski definition) is 2. The third-order valence-corrected chi connectivity index (χ3v) is 6.95. The molecule has 2 aliphatic rings. The molecule has 2 aromatic carbocycles. The van der Waals surface area contributed by atoms with Gasteiger partial charge in [0, 0.05) is 17.2 Å². The van der Waals surface area contributed by atoms with Gasteiger partial charge < -0.3 is 10.6 Å². The van der Waals surface area contributed by atoms with E-state index in [-0.39, 0.29) is 16.1 Å². The molecular weight excluding hydrogens is 483 g/mol. The number of rotatable bonds is 6. The molecule has 2 aromatic rings. The Morgan fingerprint density at radius 3 is 2.34 bits per heavy atom. The first kappa shape index (κ1) is 22.8. The molecule has 0 radical (unpaired) electrons. The largest absolute Gasteiger partial charge is 0.334 e. The number of halogens is 5. The fraction of sp³-hybridized carbons (Fsp3) is 0.318. The van der Waals surface area contributed by atoms with Gasteiger partial charge in [0.05, 0.1) is 22.6 Å². The number of hydrogen-bond acceptors (Lipinski definition) is 3. The van der Waals surface area contributed by atoms with Crippen molar-refractivity contribution in [2.24, 2.45) is 5.92 Å². The van der Waals surface area contributed by atoms with Gasteiger partial charge in [0.2, 0.25) is 5.91 Å². The van der Waals surface area contributed by atoms with Gasteiger partial charge in [0.1, 0.15) is 9.87 Å². The summed E-state index contributed by atoms with van der Waals surface area (Å²) in [5.41, 5.74) is -0.0148. The van der Waals surface area contributed by atoms with Crippen molar-refractivity contribution in [2.45, 2.75) is 35.1 Å². The first-order valence-corrected chi connectivity index (χ1v) is 10.8. The number of nitriles is 1. The van der Waals surface area contributed by atoms with Gasteiger partial charge in [0.25, 0.3) is 12.3 Å². The van der Waals surface area contributed by atoms with Crippen LogP contribution in [-0.2, 0) is 4.79 Å². The van der Waals surface area contributed by atoms with E-state index in [1.54, 1.807) is 0 Å². The molecule has 32 heavy (non-hydrogen) atoms. The monoisotopic (exact) mass is 497 g/mol. The van der Waals surface area contributed by atoms with Crippen LogP contribution in [0, 0.1) is 17.2 Å². The summed E-state index contributed by atoms with van der Waals surface area (Å²) >= 11 is 18.8. The Morgan fingerprint density at radius 1 is 1.12 bits per heavy atom. The summed E-state index contributed by atoms with van der Waals surface area (Å²) in [4.78, 5) is 25.3. The van der Waals surface area contributed by atoms with Crippen molar-refractivity contribution < 1.29 is 18.4 Å². The summed E-state index contributed by atoms with van der Waals surface area (Å²) < 4.78 is 24.2. The standard InChI is InChI=1S/C22H16Cl3F2N3O2/c23-15-6-5-13(9-14(15)19(31)30-21(10-28)7-8-21)29-20(32)17-16(22(17,24)25)11-1-3-12(4-2-11)18(26)27/h1-6,9,16-18H,7-8H2,(H,29,32)(H,30,31)/t16-,17+/m1/s1. The molecule has 2 amide bonds. The van der Waals surface area contributed by atoms with Crippen molar-refractivity contribution >= 4 is 52.3 Å². The third kappa shape index (κ3) is 4.27. The molecule has 2 atom stereocenters. The number of carbonyl (C=O) groups excluding carboxylic acids is 2. The molecule has 10 heteroatoms. The van der Waals surface area contributed by atoms with E-state index in [2.05, 4.69) is 16.7 Å². The van der Waals surface area contributed by atoms with Gasteiger partial charge in [0.15, 0.2) is 0 Å². The molecule has 0 bridgehead atoms. The maximum atomic E-state index is 12.8. The van der Waals surface area contributed by atoms with E-state index in [4.69, 9.17) is 40.1 Å². The van der Waals surface area contributed by atoms with Gasteiger partial charge in [-0.3, -0.25) is 9.59 Å². The molecule has 0 unspecified atom stereocenters. The fourth-order valence-corrected chi connectivity index (χ4v) is 4.62. The van der Waals surface area contributed by atoms with E-state index in [1.165, 1.54) is 42.5 Å². The van der Waals surface area contributed by atoms with Gasteiger partial charge in [-0.2, -0.15) is 5.26 Å². The fourth-order valence-electron chi connectivity index (χ4n) is 3.59. The lowest BCUT2D eigenvalue weighted by atomic mass is 10.1. The summed E-state index contributed by atoms with van der Waals surface area (Å²) in [7, 11) is 0. The zero-order valence-corrected chi connectivity index (χ0v) is 18.6. The minimum absolute atomic E-state index is 0.115. The SMILES string of the molecule is N#CC1(NC(=O)c2cc(NC(=O)[C@@H]3[C@@H](c4ccc(C(F)F)cc4)C3(Cl)Cl)ccc2Cl)CC1. The van der Waals surface area contributed by atoms with Crippen molar-refractivity contribution in [3.8, 4) is 6.07 Å². The van der Waals surface area contributed by atoms with Crippen LogP contribution in [0.2, 0.25) is 5.02 Å². The molecule has 0 saturated heterocycles. The number of benzene rings is 2. The Kier molecular flexibility index (Phi) is 5.83. The van der Waals surface area contributed by atoms with Gasteiger partial charge in [-0.25, -0.2) is 8.78 Å². The molecule has 0 heterocycles. The molecular formula is C22H16Cl3F2N3O2. The average Bonchev–Trinajstić information content (AvgIpc) is 3.64. The van der Waals surface area contributed by atoms with E-state index < -0.39 is 39.9 Å². The quantitative estimate of drug-likeness (QED) is 0.509. The van der Waals surface area contributed by atoms with Crippen LogP contribution < -0.4 is 10.6 Å². The summed E-state index contributed by atoms with van der Waals surface area (Å²) in [5.74, 6) is -2.39. The zero-order chi connectivity index (χ0) is 23.3. The van der Waals surface area contributed by atoms with Gasteiger partial charge in [-0.05, 0) is 36.6 Å². The predicted octanol–water partition coefficient (Wildman–Crippen LogP) is 5.59. The predicted molar refractivity (Wildman–Crippen MR) is 117 cm³/mol. The highest BCUT2D eigenvalue weighted by molar-refractivity contribution is 6.53. The number of nitrogens with zero attached hydrogens (tertiary/aromatic N) is 1. The van der Waals surface area contributed by atoms with Crippen molar-refractivity contribution in [3.05, 3.63) is 64.2 Å². The highest BCUT2D eigenvalue weighted by Crippen LogP contribution is 2.65. The van der Waals surface area contributed by atoms with Crippen molar-refractivity contribution in [2.75, 3.05) is 5.32 Å². The molecule has 4 rings (SSSR count). The molecule has 2 aliphatic carbocycles. The van der Waals surface area contributed by atoms with Crippen LogP contribution in [0.15, 0.2) is 42.5 Å². The summed E-state index contributed by atoms with van der Waals surface area (Å²) in [5, 5.41) is 14.6. The lowest BCUT2D eigenvalue weighted by Gasteiger charge is -2.12. The Hall–Kier alpha value is -2.40. The Balaban J connectivity index is 1.48. The molecule has 2 saturated carbocycles. The van der Waals surface area contributed by atoms with Crippen LogP contribution in [0.1, 0.15) is 46.7 Å². The molecule has 2 N–H and O–H groups in total. The van der Waals surface area contributed by atoms with Crippen LogP contribution in [0.3, 0.4) is 0 Å². The minimum Gasteiger partial charge on any atom is -0.334 e. The number of anilines is 1. The van der Waals surface area contributed by atoms with Crippen LogP contribution in [-0.4, -0.2) is 21.7 Å². The maximum Gasteiger partial charge on any atom is 0.263 e. The molecule has 0 aliphatic heterocycles. The average molecular weight is 499 g/mol. The maximum absolute atomic E-state index is 12.8. The Morgan fingerprint density at radius 2 is 1.78 bits per heavy atom. The lowest BCUT2D eigenvalue weighted by Crippen LogP contribution is -2.35. The van der Waals surface area contributed by atoms with E-state index in [9.17, 15) is 18.4 Å². The minimum atomic E-state index is -2.60. The summed E-state index contributed by atoms with van der Waals surface area (Å²) in [6, 6.07) is 12.0. The second-order valence-corrected chi connectivity index (χ2v) is 9.78. The van der Waals surface area contributed by atoms with Crippen LogP contribution in [0.5, 0.6) is 0 Å². The van der Waals surface area contributed by atoms with Crippen molar-refractivity contribution in [1.82, 2.24) is 5.32 Å². The second kappa shape index (κ2) is 8.18. The number of carbonyl (C=O) groups is 2. The second-order valence-electron chi connectivity index (χ2n) is 7.93. The highest BCUT2D eigenvalue weighted by Gasteiger charge is 2.67. The van der Waals surface area contributed by atoms with Gasteiger partial charge in [-0.15, -0.1) is 23.2 Å². The molecule has 0 aromatic heterocycles. The van der Waals surface area contributed by atoms with E-state index >= 15 is 0 Å². The number of alkyl halides is 4.